The van der Waals surface area contributed by atoms with Crippen LogP contribution in [0.2, 0.25) is 0 Å². The summed E-state index contributed by atoms with van der Waals surface area (Å²) < 4.78 is 63.1. The van der Waals surface area contributed by atoms with Crippen molar-refractivity contribution in [3.8, 4) is 0 Å². The van der Waals surface area contributed by atoms with Crippen molar-refractivity contribution in [2.24, 2.45) is 0 Å². The molecule has 1 aliphatic rings. The summed E-state index contributed by atoms with van der Waals surface area (Å²) in [7, 11) is -4.89. The van der Waals surface area contributed by atoms with E-state index in [1.807, 2.05) is 0 Å². The molecule has 30 heavy (non-hydrogen) atoms. The molecular weight excluding hydrogens is 441 g/mol. The van der Waals surface area contributed by atoms with Crippen LogP contribution in [-0.4, -0.2) is 4.73 Å². The minimum absolute atomic E-state index is 0.00597. The van der Waals surface area contributed by atoms with Crippen molar-refractivity contribution < 1.29 is 42.2 Å². The van der Waals surface area contributed by atoms with Crippen molar-refractivity contribution in [3.05, 3.63) is 74.5 Å². The Morgan fingerprint density at radius 3 is 2.77 bits per heavy atom. The van der Waals surface area contributed by atoms with E-state index in [1.165, 1.54) is 29.5 Å². The third-order valence-electron chi connectivity index (χ3n) is 4.63. The summed E-state index contributed by atoms with van der Waals surface area (Å²) in [6.45, 7) is 1.73. The molecule has 3 heterocycles. The van der Waals surface area contributed by atoms with Gasteiger partial charge in [0.25, 0.3) is 0 Å². The highest BCUT2D eigenvalue weighted by molar-refractivity contribution is 7.19. The molecule has 4 aromatic rings. The Labute approximate surface area is 173 Å². The number of hydrogen-bond donors (Lipinski definition) is 0. The van der Waals surface area contributed by atoms with Crippen LogP contribution in [0.25, 0.3) is 27.3 Å². The normalized spacial score (nSPS) is 16.4. The molecule has 0 radical (unpaired) electrons. The second kappa shape index (κ2) is 6.56. The van der Waals surface area contributed by atoms with Crippen LogP contribution >= 0.6 is 11.3 Å². The molecule has 154 valence electrons. The van der Waals surface area contributed by atoms with Gasteiger partial charge in [0.1, 0.15) is 11.3 Å². The number of thiophene rings is 1. The van der Waals surface area contributed by atoms with Crippen molar-refractivity contribution in [2.75, 3.05) is 0 Å². The first-order valence-electron chi connectivity index (χ1n) is 8.53. The van der Waals surface area contributed by atoms with Gasteiger partial charge in [-0.2, -0.15) is 14.0 Å². The molecule has 0 aliphatic carbocycles. The molecule has 2 aromatic heterocycles. The number of rotatable bonds is 3. The molecule has 0 saturated carbocycles. The van der Waals surface area contributed by atoms with Gasteiger partial charge in [-0.15, -0.1) is 11.3 Å². The molecule has 5 rings (SSSR count). The zero-order valence-electron chi connectivity index (χ0n) is 15.1. The summed E-state index contributed by atoms with van der Waals surface area (Å²) in [6, 6.07) is 9.49. The number of fused-ring (bicyclic) bond motifs is 3. The highest BCUT2D eigenvalue weighted by Crippen LogP contribution is 2.42. The smallest absolute Gasteiger partial charge is 0.465 e. The van der Waals surface area contributed by atoms with Gasteiger partial charge in [0.15, 0.2) is 21.9 Å². The SMILES string of the molecule is CC1=Cc2cc3c(cc2C(c2cc4c(F)cccc4s2)O1)oc(=O)n3O[Cl+3]([O-])([O-])[O-]. The van der Waals surface area contributed by atoms with E-state index in [-0.39, 0.29) is 21.6 Å². The molecule has 0 bridgehead atoms. The summed E-state index contributed by atoms with van der Waals surface area (Å²) in [6.07, 6.45) is 1.09. The number of aromatic nitrogens is 1. The van der Waals surface area contributed by atoms with Gasteiger partial charge in [-0.1, -0.05) is 6.07 Å². The highest BCUT2D eigenvalue weighted by atomic mass is 35.7. The van der Waals surface area contributed by atoms with E-state index in [4.69, 9.17) is 9.15 Å². The molecule has 1 atom stereocenters. The van der Waals surface area contributed by atoms with Gasteiger partial charge >= 0.3 is 5.76 Å². The van der Waals surface area contributed by atoms with Crippen LogP contribution in [0.1, 0.15) is 29.0 Å². The zero-order valence-corrected chi connectivity index (χ0v) is 16.7. The lowest BCUT2D eigenvalue weighted by molar-refractivity contribution is -1.92. The molecule has 1 unspecified atom stereocenters. The molecule has 0 spiro atoms. The maximum Gasteiger partial charge on any atom is 0.465 e. The summed E-state index contributed by atoms with van der Waals surface area (Å²) in [5, 5.41) is 0.474. The fourth-order valence-corrected chi connectivity index (χ4v) is 4.89. The second-order valence-electron chi connectivity index (χ2n) is 6.61. The van der Waals surface area contributed by atoms with Crippen LogP contribution in [0.3, 0.4) is 0 Å². The minimum atomic E-state index is -4.89. The van der Waals surface area contributed by atoms with E-state index in [1.54, 1.807) is 31.2 Å². The van der Waals surface area contributed by atoms with Gasteiger partial charge < -0.3 is 9.15 Å². The average molecular weight is 452 g/mol. The first kappa shape index (κ1) is 19.1. The number of nitrogens with zero attached hydrogens (tertiary/aromatic N) is 1. The van der Waals surface area contributed by atoms with Crippen LogP contribution in [0.5, 0.6) is 0 Å². The molecule has 0 N–H and O–H groups in total. The molecule has 2 aromatic carbocycles. The molecule has 0 fully saturated rings. The van der Waals surface area contributed by atoms with Crippen molar-refractivity contribution >= 4 is 38.6 Å². The first-order chi connectivity index (χ1) is 14.2. The number of hydrogen-bond acceptors (Lipinski definition) is 8. The van der Waals surface area contributed by atoms with Gasteiger partial charge in [-0.25, -0.2) is 9.18 Å². The number of halogens is 2. The van der Waals surface area contributed by atoms with Gasteiger partial charge in [0, 0.05) is 20.4 Å². The van der Waals surface area contributed by atoms with Gasteiger partial charge in [0.2, 0.25) is 0 Å². The van der Waals surface area contributed by atoms with Crippen molar-refractivity contribution in [1.82, 2.24) is 4.73 Å². The third kappa shape index (κ3) is 3.15. The van der Waals surface area contributed by atoms with E-state index in [0.717, 1.165) is 9.58 Å². The van der Waals surface area contributed by atoms with Crippen LogP contribution in [0.4, 0.5) is 4.39 Å². The lowest BCUT2D eigenvalue weighted by atomic mass is 9.97. The summed E-state index contributed by atoms with van der Waals surface area (Å²) >= 11 is 1.37. The molecule has 11 heteroatoms. The van der Waals surface area contributed by atoms with Gasteiger partial charge in [-0.05, 0) is 48.9 Å². The minimum Gasteiger partial charge on any atom is -0.485 e. The van der Waals surface area contributed by atoms with E-state index in [2.05, 4.69) is 4.39 Å². The molecule has 0 amide bonds. The standard InChI is InChI=1S/C19H11ClFNO7S/c1-9-5-10-6-14-15(28-19(23)22(14)29-20(24,25)26)7-11(10)18(27-9)17-8-12-13(21)3-2-4-16(12)30-17/h2-8,18H,1H3. The van der Waals surface area contributed by atoms with E-state index >= 15 is 0 Å². The average Bonchev–Trinajstić information content (AvgIpc) is 3.21. The number of benzene rings is 2. The van der Waals surface area contributed by atoms with Crippen LogP contribution in [0.15, 0.2) is 51.4 Å². The number of oxazole rings is 1. The molecule has 0 saturated heterocycles. The van der Waals surface area contributed by atoms with Crippen molar-refractivity contribution in [2.45, 2.75) is 13.0 Å². The van der Waals surface area contributed by atoms with Crippen molar-refractivity contribution in [1.29, 1.82) is 0 Å². The lowest BCUT2D eigenvalue weighted by Crippen LogP contribution is -2.66. The largest absolute Gasteiger partial charge is 0.485 e. The summed E-state index contributed by atoms with van der Waals surface area (Å²) in [5.41, 5.74) is 1.21. The van der Waals surface area contributed by atoms with Crippen LogP contribution < -0.4 is 24.1 Å². The van der Waals surface area contributed by atoms with Crippen LogP contribution in [0, 0.1) is 16.1 Å². The number of ether oxygens (including phenoxy) is 1. The molecule has 8 nitrogen and oxygen atoms in total. The van der Waals surface area contributed by atoms with Crippen LogP contribution in [-0.2, 0) is 4.74 Å². The number of allylic oxidation sites excluding steroid dienone is 1. The van der Waals surface area contributed by atoms with Crippen molar-refractivity contribution in [3.63, 3.8) is 0 Å². The Bertz CT molecular complexity index is 1400. The maximum atomic E-state index is 14.1. The topological polar surface area (TPSA) is 123 Å². The summed E-state index contributed by atoms with van der Waals surface area (Å²) in [5.74, 6) is -0.953. The Hall–Kier alpha value is -2.89. The zero-order chi connectivity index (χ0) is 21.2. The fraction of sp³-hybridized carbons (Fsp3) is 0.105. The predicted octanol–water partition coefficient (Wildman–Crippen LogP) is 0.755. The predicted molar refractivity (Wildman–Crippen MR) is 95.4 cm³/mol. The van der Waals surface area contributed by atoms with Gasteiger partial charge in [0.05, 0.1) is 15.0 Å². The monoisotopic (exact) mass is 451 g/mol. The lowest BCUT2D eigenvalue weighted by Gasteiger charge is -2.25. The molecule has 1 aliphatic heterocycles. The third-order valence-corrected chi connectivity index (χ3v) is 6.08. The Balaban J connectivity index is 1.69. The fourth-order valence-electron chi connectivity index (χ4n) is 3.46. The van der Waals surface area contributed by atoms with E-state index < -0.39 is 22.1 Å². The van der Waals surface area contributed by atoms with Gasteiger partial charge in [-0.3, -0.25) is 0 Å². The quantitative estimate of drug-likeness (QED) is 0.450. The highest BCUT2D eigenvalue weighted by Gasteiger charge is 2.30. The first-order valence-corrected chi connectivity index (χ1v) is 10.6. The summed E-state index contributed by atoms with van der Waals surface area (Å²) in [4.78, 5) is 12.7. The molecular formula is C19H11ClFNO7S. The van der Waals surface area contributed by atoms with E-state index in [9.17, 15) is 23.2 Å². The van der Waals surface area contributed by atoms with E-state index in [0.29, 0.717) is 22.3 Å². The maximum absolute atomic E-state index is 14.1. The Morgan fingerprint density at radius 2 is 2.03 bits per heavy atom. The Kier molecular flexibility index (Phi) is 4.17. The Morgan fingerprint density at radius 1 is 1.23 bits per heavy atom. The second-order valence-corrected chi connectivity index (χ2v) is 8.62.